The van der Waals surface area contributed by atoms with E-state index in [1.54, 1.807) is 11.3 Å². The average molecular weight is 284 g/mol. The van der Waals surface area contributed by atoms with Crippen molar-refractivity contribution >= 4 is 22.9 Å². The van der Waals surface area contributed by atoms with E-state index in [0.29, 0.717) is 26.1 Å². The molecule has 2 unspecified atom stereocenters. The van der Waals surface area contributed by atoms with Gasteiger partial charge in [-0.05, 0) is 18.4 Å². The van der Waals surface area contributed by atoms with Gasteiger partial charge in [0.1, 0.15) is 5.60 Å². The number of thiophene rings is 1. The van der Waals surface area contributed by atoms with Crippen LogP contribution in [0.15, 0.2) is 11.4 Å². The molecule has 19 heavy (non-hydrogen) atoms. The lowest BCUT2D eigenvalue weighted by molar-refractivity contribution is -0.114. The zero-order chi connectivity index (χ0) is 13.9. The van der Waals surface area contributed by atoms with Crippen molar-refractivity contribution in [3.8, 4) is 0 Å². The van der Waals surface area contributed by atoms with Crippen LogP contribution >= 0.6 is 11.3 Å². The molecule has 0 radical (unpaired) electrons. The molecule has 0 aliphatic carbocycles. The minimum Gasteiger partial charge on any atom is -0.386 e. The van der Waals surface area contributed by atoms with Crippen LogP contribution in [0.25, 0.3) is 0 Å². The summed E-state index contributed by atoms with van der Waals surface area (Å²) >= 11 is 1.58. The molecule has 106 valence electrons. The van der Waals surface area contributed by atoms with Crippen LogP contribution < -0.4 is 10.6 Å². The first-order valence-electron chi connectivity index (χ1n) is 6.40. The quantitative estimate of drug-likeness (QED) is 0.763. The number of hydrogen-bond acceptors (Lipinski definition) is 5. The molecule has 2 atom stereocenters. The Morgan fingerprint density at radius 1 is 1.68 bits per heavy atom. The van der Waals surface area contributed by atoms with Gasteiger partial charge in [-0.15, -0.1) is 11.3 Å². The third-order valence-electron chi connectivity index (χ3n) is 3.43. The van der Waals surface area contributed by atoms with Gasteiger partial charge in [-0.1, -0.05) is 0 Å². The highest BCUT2D eigenvalue weighted by Gasteiger charge is 2.38. The molecule has 1 amide bonds. The van der Waals surface area contributed by atoms with Crippen LogP contribution in [0.5, 0.6) is 0 Å². The van der Waals surface area contributed by atoms with Crippen molar-refractivity contribution in [1.82, 2.24) is 5.32 Å². The summed E-state index contributed by atoms with van der Waals surface area (Å²) in [7, 11) is 0. The molecular weight excluding hydrogens is 264 g/mol. The smallest absolute Gasteiger partial charge is 0.221 e. The fourth-order valence-corrected chi connectivity index (χ4v) is 2.97. The number of carbonyl (C=O) groups excluding carboxylic acids is 1. The summed E-state index contributed by atoms with van der Waals surface area (Å²) in [6.07, 6.45) is 0.516. The van der Waals surface area contributed by atoms with Crippen LogP contribution in [0.2, 0.25) is 0 Å². The molecule has 0 aromatic carbocycles. The Kier molecular flexibility index (Phi) is 4.57. The summed E-state index contributed by atoms with van der Waals surface area (Å²) in [5.74, 6) is -0.0731. The topological polar surface area (TPSA) is 70.6 Å². The van der Waals surface area contributed by atoms with Gasteiger partial charge in [-0.3, -0.25) is 4.79 Å². The van der Waals surface area contributed by atoms with Crippen molar-refractivity contribution in [2.45, 2.75) is 38.5 Å². The van der Waals surface area contributed by atoms with E-state index in [4.69, 9.17) is 4.74 Å². The normalized spacial score (nSPS) is 26.6. The summed E-state index contributed by atoms with van der Waals surface area (Å²) in [5, 5.41) is 18.3. The Labute approximate surface area is 117 Å². The van der Waals surface area contributed by atoms with Gasteiger partial charge in [0.05, 0.1) is 11.8 Å². The fraction of sp³-hybridized carbons (Fsp3) is 0.615. The number of amides is 1. The SMILES string of the molecule is CC(=O)Nc1ccsc1CNCC1(O)CCOC1C. The lowest BCUT2D eigenvalue weighted by atomic mass is 9.97. The average Bonchev–Trinajstić information content (AvgIpc) is 2.88. The van der Waals surface area contributed by atoms with Gasteiger partial charge in [-0.25, -0.2) is 0 Å². The molecule has 3 N–H and O–H groups in total. The minimum absolute atomic E-state index is 0.0731. The van der Waals surface area contributed by atoms with Crippen LogP contribution in [-0.4, -0.2) is 35.9 Å². The monoisotopic (exact) mass is 284 g/mol. The van der Waals surface area contributed by atoms with E-state index in [-0.39, 0.29) is 12.0 Å². The Morgan fingerprint density at radius 3 is 3.11 bits per heavy atom. The molecule has 0 spiro atoms. The molecule has 0 bridgehead atoms. The molecule has 1 saturated heterocycles. The summed E-state index contributed by atoms with van der Waals surface area (Å²) in [6, 6.07) is 1.89. The Morgan fingerprint density at radius 2 is 2.47 bits per heavy atom. The molecule has 1 aromatic heterocycles. The van der Waals surface area contributed by atoms with E-state index in [9.17, 15) is 9.90 Å². The second-order valence-electron chi connectivity index (χ2n) is 4.91. The van der Waals surface area contributed by atoms with Gasteiger partial charge in [0.15, 0.2) is 0 Å². The number of hydrogen-bond donors (Lipinski definition) is 3. The van der Waals surface area contributed by atoms with Crippen molar-refractivity contribution in [3.05, 3.63) is 16.3 Å². The van der Waals surface area contributed by atoms with Crippen molar-refractivity contribution in [1.29, 1.82) is 0 Å². The maximum atomic E-state index is 11.1. The number of anilines is 1. The van der Waals surface area contributed by atoms with Crippen molar-refractivity contribution < 1.29 is 14.6 Å². The van der Waals surface area contributed by atoms with Crippen LogP contribution in [0.3, 0.4) is 0 Å². The second kappa shape index (κ2) is 6.00. The molecule has 5 nitrogen and oxygen atoms in total. The number of aliphatic hydroxyl groups is 1. The summed E-state index contributed by atoms with van der Waals surface area (Å²) < 4.78 is 5.39. The lowest BCUT2D eigenvalue weighted by Gasteiger charge is -2.26. The Hall–Kier alpha value is -0.950. The number of rotatable bonds is 5. The minimum atomic E-state index is -0.786. The van der Waals surface area contributed by atoms with E-state index in [0.717, 1.165) is 10.6 Å². The Bertz CT molecular complexity index is 449. The maximum Gasteiger partial charge on any atom is 0.221 e. The van der Waals surface area contributed by atoms with Crippen molar-refractivity contribution in [2.24, 2.45) is 0 Å². The van der Waals surface area contributed by atoms with Gasteiger partial charge in [0.25, 0.3) is 0 Å². The third kappa shape index (κ3) is 3.54. The number of carbonyl (C=O) groups is 1. The van der Waals surface area contributed by atoms with Gasteiger partial charge >= 0.3 is 0 Å². The predicted molar refractivity (Wildman–Crippen MR) is 75.3 cm³/mol. The first kappa shape index (κ1) is 14.5. The van der Waals surface area contributed by atoms with Gasteiger partial charge < -0.3 is 20.5 Å². The molecule has 1 aliphatic heterocycles. The molecule has 1 fully saturated rings. The summed E-state index contributed by atoms with van der Waals surface area (Å²) in [6.45, 7) is 5.11. The third-order valence-corrected chi connectivity index (χ3v) is 4.35. The number of ether oxygens (including phenoxy) is 1. The van der Waals surface area contributed by atoms with Gasteiger partial charge in [0, 0.05) is 37.9 Å². The van der Waals surface area contributed by atoms with Crippen molar-refractivity contribution in [2.75, 3.05) is 18.5 Å². The van der Waals surface area contributed by atoms with E-state index in [1.165, 1.54) is 6.92 Å². The van der Waals surface area contributed by atoms with Gasteiger partial charge in [-0.2, -0.15) is 0 Å². The second-order valence-corrected chi connectivity index (χ2v) is 5.91. The van der Waals surface area contributed by atoms with Crippen LogP contribution in [0, 0.1) is 0 Å². The van der Waals surface area contributed by atoms with Gasteiger partial charge in [0.2, 0.25) is 5.91 Å². The van der Waals surface area contributed by atoms with E-state index >= 15 is 0 Å². The molecule has 0 saturated carbocycles. The van der Waals surface area contributed by atoms with Crippen LogP contribution in [0.1, 0.15) is 25.1 Å². The van der Waals surface area contributed by atoms with E-state index < -0.39 is 5.60 Å². The highest BCUT2D eigenvalue weighted by molar-refractivity contribution is 7.10. The standard InChI is InChI=1S/C13H20N2O3S/c1-9-13(17,4-5-18-9)8-14-7-12-11(3-6-19-12)15-10(2)16/h3,6,9,14,17H,4-5,7-8H2,1-2H3,(H,15,16). The molecule has 1 aromatic rings. The lowest BCUT2D eigenvalue weighted by Crippen LogP contribution is -2.45. The zero-order valence-corrected chi connectivity index (χ0v) is 12.0. The molecule has 2 heterocycles. The molecule has 1 aliphatic rings. The first-order chi connectivity index (χ1) is 9.01. The maximum absolute atomic E-state index is 11.1. The molecule has 6 heteroatoms. The molecule has 2 rings (SSSR count). The first-order valence-corrected chi connectivity index (χ1v) is 7.28. The molecular formula is C13H20N2O3S. The summed E-state index contributed by atoms with van der Waals surface area (Å²) in [4.78, 5) is 12.1. The van der Waals surface area contributed by atoms with E-state index in [2.05, 4.69) is 10.6 Å². The Balaban J connectivity index is 1.86. The predicted octanol–water partition coefficient (Wildman–Crippen LogP) is 1.34. The zero-order valence-electron chi connectivity index (χ0n) is 11.2. The van der Waals surface area contributed by atoms with E-state index in [1.807, 2.05) is 18.4 Å². The van der Waals surface area contributed by atoms with Crippen LogP contribution in [0.4, 0.5) is 5.69 Å². The highest BCUT2D eigenvalue weighted by Crippen LogP contribution is 2.26. The highest BCUT2D eigenvalue weighted by atomic mass is 32.1. The number of nitrogens with one attached hydrogen (secondary N) is 2. The van der Waals surface area contributed by atoms with Crippen molar-refractivity contribution in [3.63, 3.8) is 0 Å². The largest absolute Gasteiger partial charge is 0.386 e. The summed E-state index contributed by atoms with van der Waals surface area (Å²) in [5.41, 5.74) is 0.0542. The fourth-order valence-electron chi connectivity index (χ4n) is 2.17. The van der Waals surface area contributed by atoms with Crippen LogP contribution in [-0.2, 0) is 16.1 Å².